The van der Waals surface area contributed by atoms with E-state index in [0.717, 1.165) is 12.0 Å². The molecular formula is C9H21NSi. The van der Waals surface area contributed by atoms with Crippen molar-refractivity contribution < 1.29 is 0 Å². The van der Waals surface area contributed by atoms with Crippen LogP contribution in [0.4, 0.5) is 0 Å². The second-order valence-corrected chi connectivity index (χ2v) is 10.1. The van der Waals surface area contributed by atoms with Crippen molar-refractivity contribution in [3.63, 3.8) is 0 Å². The Balaban J connectivity index is 2.59. The van der Waals surface area contributed by atoms with Gasteiger partial charge in [-0.2, -0.15) is 0 Å². The van der Waals surface area contributed by atoms with Gasteiger partial charge in [-0.1, -0.05) is 26.9 Å². The van der Waals surface area contributed by atoms with Crippen molar-refractivity contribution in [1.82, 2.24) is 4.90 Å². The molecule has 0 saturated carbocycles. The Bertz CT molecular complexity index is 142. The van der Waals surface area contributed by atoms with Gasteiger partial charge in [0.1, 0.15) is 0 Å². The normalized spacial score (nSPS) is 31.6. The van der Waals surface area contributed by atoms with Crippen molar-refractivity contribution in [2.45, 2.75) is 39.0 Å². The molecule has 1 saturated heterocycles. The van der Waals surface area contributed by atoms with Crippen molar-refractivity contribution >= 4 is 8.07 Å². The zero-order chi connectivity index (χ0) is 8.65. The summed E-state index contributed by atoms with van der Waals surface area (Å²) in [6.07, 6.45) is 1.40. The van der Waals surface area contributed by atoms with E-state index in [4.69, 9.17) is 0 Å². The van der Waals surface area contributed by atoms with Gasteiger partial charge in [-0.25, -0.2) is 0 Å². The standard InChI is InChI=1S/C9H21NSi/c1-8(2)9-6-11(4,5)7-10(9)3/h8-9H,6-7H2,1-5H3/t9-/m1/s1. The summed E-state index contributed by atoms with van der Waals surface area (Å²) in [5, 5.41) is 0. The first-order valence-corrected chi connectivity index (χ1v) is 8.04. The van der Waals surface area contributed by atoms with Gasteiger partial charge in [-0.15, -0.1) is 0 Å². The molecule has 11 heavy (non-hydrogen) atoms. The summed E-state index contributed by atoms with van der Waals surface area (Å²) in [6.45, 7) is 9.70. The third-order valence-electron chi connectivity index (χ3n) is 2.77. The summed E-state index contributed by atoms with van der Waals surface area (Å²) < 4.78 is 0. The largest absolute Gasteiger partial charge is 0.306 e. The fourth-order valence-electron chi connectivity index (χ4n) is 2.32. The molecule has 0 spiro atoms. The molecule has 1 aliphatic rings. The highest BCUT2D eigenvalue weighted by Crippen LogP contribution is 2.29. The number of hydrogen-bond acceptors (Lipinski definition) is 1. The van der Waals surface area contributed by atoms with Crippen molar-refractivity contribution in [1.29, 1.82) is 0 Å². The SMILES string of the molecule is CC(C)[C@H]1C[Si](C)(C)CN1C. The van der Waals surface area contributed by atoms with Crippen LogP contribution >= 0.6 is 0 Å². The minimum Gasteiger partial charge on any atom is -0.306 e. The van der Waals surface area contributed by atoms with Crippen molar-refractivity contribution in [3.05, 3.63) is 0 Å². The first kappa shape index (κ1) is 9.27. The predicted octanol–water partition coefficient (Wildman–Crippen LogP) is 2.20. The molecule has 0 aromatic heterocycles. The maximum absolute atomic E-state index is 2.57. The van der Waals surface area contributed by atoms with Gasteiger partial charge in [0.15, 0.2) is 0 Å². The predicted molar refractivity (Wildman–Crippen MR) is 53.5 cm³/mol. The molecular weight excluding hydrogens is 150 g/mol. The van der Waals surface area contributed by atoms with Gasteiger partial charge in [0, 0.05) is 6.04 Å². The van der Waals surface area contributed by atoms with E-state index in [2.05, 4.69) is 38.9 Å². The maximum Gasteiger partial charge on any atom is 0.0645 e. The van der Waals surface area contributed by atoms with Crippen molar-refractivity contribution in [3.8, 4) is 0 Å². The molecule has 0 aromatic carbocycles. The van der Waals surface area contributed by atoms with Crippen LogP contribution in [0.1, 0.15) is 13.8 Å². The lowest BCUT2D eigenvalue weighted by Gasteiger charge is -2.22. The molecule has 66 valence electrons. The Morgan fingerprint density at radius 2 is 1.91 bits per heavy atom. The molecule has 1 aliphatic heterocycles. The van der Waals surface area contributed by atoms with Gasteiger partial charge in [0.25, 0.3) is 0 Å². The van der Waals surface area contributed by atoms with E-state index in [9.17, 15) is 0 Å². The van der Waals surface area contributed by atoms with Gasteiger partial charge in [-0.3, -0.25) is 0 Å². The van der Waals surface area contributed by atoms with E-state index in [1.54, 1.807) is 0 Å². The fourth-order valence-corrected chi connectivity index (χ4v) is 5.95. The smallest absolute Gasteiger partial charge is 0.0645 e. The zero-order valence-electron chi connectivity index (χ0n) is 8.52. The van der Waals surface area contributed by atoms with Crippen LogP contribution in [-0.2, 0) is 0 Å². The summed E-state index contributed by atoms with van der Waals surface area (Å²) in [6, 6.07) is 2.37. The number of hydrogen-bond donors (Lipinski definition) is 0. The Morgan fingerprint density at radius 1 is 1.36 bits per heavy atom. The Kier molecular flexibility index (Phi) is 2.45. The molecule has 0 amide bonds. The molecule has 1 rings (SSSR count). The lowest BCUT2D eigenvalue weighted by atomic mass is 10.1. The summed E-state index contributed by atoms with van der Waals surface area (Å²) in [5.74, 6) is 0.842. The summed E-state index contributed by atoms with van der Waals surface area (Å²) in [7, 11) is 1.48. The minimum atomic E-state index is -0.803. The van der Waals surface area contributed by atoms with E-state index in [-0.39, 0.29) is 0 Å². The van der Waals surface area contributed by atoms with Gasteiger partial charge < -0.3 is 4.90 Å². The lowest BCUT2D eigenvalue weighted by molar-refractivity contribution is 0.259. The van der Waals surface area contributed by atoms with E-state index < -0.39 is 8.07 Å². The van der Waals surface area contributed by atoms with Crippen molar-refractivity contribution in [2.75, 3.05) is 13.2 Å². The molecule has 0 N–H and O–H groups in total. The second-order valence-electron chi connectivity index (χ2n) is 5.09. The highest BCUT2D eigenvalue weighted by atomic mass is 28.3. The molecule has 1 nitrogen and oxygen atoms in total. The molecule has 1 heterocycles. The average molecular weight is 171 g/mol. The topological polar surface area (TPSA) is 3.24 Å². The van der Waals surface area contributed by atoms with Gasteiger partial charge in [0.05, 0.1) is 8.07 Å². The number of rotatable bonds is 1. The van der Waals surface area contributed by atoms with Crippen LogP contribution in [0.15, 0.2) is 0 Å². The highest BCUT2D eigenvalue weighted by molar-refractivity contribution is 6.78. The first-order valence-electron chi connectivity index (χ1n) is 4.63. The second kappa shape index (κ2) is 2.90. The molecule has 2 heteroatoms. The quantitative estimate of drug-likeness (QED) is 0.547. The third-order valence-corrected chi connectivity index (χ3v) is 5.65. The fraction of sp³-hybridized carbons (Fsp3) is 1.00. The van der Waals surface area contributed by atoms with E-state index >= 15 is 0 Å². The van der Waals surface area contributed by atoms with Gasteiger partial charge in [0.2, 0.25) is 0 Å². The zero-order valence-corrected chi connectivity index (χ0v) is 9.52. The maximum atomic E-state index is 2.57. The van der Waals surface area contributed by atoms with Crippen LogP contribution in [0.5, 0.6) is 0 Å². The van der Waals surface area contributed by atoms with Crippen LogP contribution in [0, 0.1) is 5.92 Å². The van der Waals surface area contributed by atoms with E-state index in [1.165, 1.54) is 12.2 Å². The Hall–Kier alpha value is 0.177. The van der Waals surface area contributed by atoms with E-state index in [0.29, 0.717) is 0 Å². The van der Waals surface area contributed by atoms with Crippen molar-refractivity contribution in [2.24, 2.45) is 5.92 Å². The molecule has 1 atom stereocenters. The summed E-state index contributed by atoms with van der Waals surface area (Å²) >= 11 is 0. The van der Waals surface area contributed by atoms with Crippen LogP contribution in [-0.4, -0.2) is 32.2 Å². The minimum absolute atomic E-state index is 0.803. The van der Waals surface area contributed by atoms with Crippen LogP contribution in [0.3, 0.4) is 0 Å². The summed E-state index contributed by atoms with van der Waals surface area (Å²) in [4.78, 5) is 2.57. The van der Waals surface area contributed by atoms with E-state index in [1.807, 2.05) is 0 Å². The van der Waals surface area contributed by atoms with Crippen LogP contribution in [0.25, 0.3) is 0 Å². The van der Waals surface area contributed by atoms with Crippen LogP contribution < -0.4 is 0 Å². The molecule has 0 aromatic rings. The Labute approximate surface area is 71.8 Å². The monoisotopic (exact) mass is 171 g/mol. The first-order chi connectivity index (χ1) is 4.92. The van der Waals surface area contributed by atoms with Gasteiger partial charge in [-0.05, 0) is 25.2 Å². The molecule has 1 fully saturated rings. The summed E-state index contributed by atoms with van der Waals surface area (Å²) in [5.41, 5.74) is 0. The Morgan fingerprint density at radius 3 is 2.09 bits per heavy atom. The molecule has 0 radical (unpaired) electrons. The number of nitrogens with zero attached hydrogens (tertiary/aromatic N) is 1. The lowest BCUT2D eigenvalue weighted by Crippen LogP contribution is -2.31. The third kappa shape index (κ3) is 2.06. The van der Waals surface area contributed by atoms with Gasteiger partial charge >= 0.3 is 0 Å². The molecule has 0 aliphatic carbocycles. The average Bonchev–Trinajstić information content (AvgIpc) is 2.05. The molecule has 0 unspecified atom stereocenters. The van der Waals surface area contributed by atoms with Crippen LogP contribution in [0.2, 0.25) is 19.1 Å². The highest BCUT2D eigenvalue weighted by Gasteiger charge is 2.37. The molecule has 0 bridgehead atoms.